The zero-order chi connectivity index (χ0) is 15.6. The first-order valence-electron chi connectivity index (χ1n) is 9.60. The molecule has 0 aliphatic heterocycles. The van der Waals surface area contributed by atoms with Gasteiger partial charge in [-0.3, -0.25) is 0 Å². The van der Waals surface area contributed by atoms with Gasteiger partial charge in [0.2, 0.25) is 0 Å². The van der Waals surface area contributed by atoms with Crippen LogP contribution in [0.4, 0.5) is 0 Å². The second-order valence-corrected chi connectivity index (χ2v) is 6.49. The van der Waals surface area contributed by atoms with E-state index in [0.717, 1.165) is 12.8 Å². The molecule has 0 aliphatic carbocycles. The SMILES string of the molecule is CC=CCC(O)CCCCCCCCCCCCCCC. The number of hydrogen-bond acceptors (Lipinski definition) is 1. The van der Waals surface area contributed by atoms with E-state index in [0.29, 0.717) is 0 Å². The van der Waals surface area contributed by atoms with Crippen molar-refractivity contribution in [3.05, 3.63) is 12.2 Å². The largest absolute Gasteiger partial charge is 0.393 e. The predicted octanol–water partition coefficient (Wildman–Crippen LogP) is 6.79. The molecule has 0 spiro atoms. The predicted molar refractivity (Wildman–Crippen MR) is 95.7 cm³/mol. The van der Waals surface area contributed by atoms with E-state index in [9.17, 15) is 5.11 Å². The van der Waals surface area contributed by atoms with Crippen molar-refractivity contribution in [2.24, 2.45) is 0 Å². The molecule has 1 atom stereocenters. The molecule has 1 unspecified atom stereocenters. The summed E-state index contributed by atoms with van der Waals surface area (Å²) in [5.74, 6) is 0. The number of allylic oxidation sites excluding steroid dienone is 1. The van der Waals surface area contributed by atoms with Crippen molar-refractivity contribution >= 4 is 0 Å². The minimum Gasteiger partial charge on any atom is -0.393 e. The highest BCUT2D eigenvalue weighted by Crippen LogP contribution is 2.13. The molecule has 0 radical (unpaired) electrons. The van der Waals surface area contributed by atoms with Gasteiger partial charge in [0.15, 0.2) is 0 Å². The summed E-state index contributed by atoms with van der Waals surface area (Å²) in [6.07, 6.45) is 23.8. The lowest BCUT2D eigenvalue weighted by Gasteiger charge is -2.07. The van der Waals surface area contributed by atoms with E-state index in [-0.39, 0.29) is 6.10 Å². The molecule has 0 saturated heterocycles. The molecule has 0 aromatic carbocycles. The van der Waals surface area contributed by atoms with Crippen LogP contribution in [0.3, 0.4) is 0 Å². The quantitative estimate of drug-likeness (QED) is 0.245. The number of aliphatic hydroxyl groups excluding tert-OH is 1. The van der Waals surface area contributed by atoms with Crippen molar-refractivity contribution in [1.29, 1.82) is 0 Å². The molecule has 0 saturated carbocycles. The highest BCUT2D eigenvalue weighted by Gasteiger charge is 2.00. The standard InChI is InChI=1S/C20H40O/c1-3-5-7-8-9-10-11-12-13-14-15-16-17-19-20(21)18-6-4-2/h4,6,20-21H,3,5,7-19H2,1-2H3. The van der Waals surface area contributed by atoms with Gasteiger partial charge in [-0.05, 0) is 19.8 Å². The van der Waals surface area contributed by atoms with Crippen LogP contribution in [0.15, 0.2) is 12.2 Å². The number of unbranched alkanes of at least 4 members (excludes halogenated alkanes) is 12. The average molecular weight is 297 g/mol. The minimum atomic E-state index is -0.117. The van der Waals surface area contributed by atoms with Gasteiger partial charge in [-0.1, -0.05) is 103 Å². The molecule has 0 fully saturated rings. The van der Waals surface area contributed by atoms with Crippen LogP contribution in [0.1, 0.15) is 110 Å². The average Bonchev–Trinajstić information content (AvgIpc) is 2.49. The highest BCUT2D eigenvalue weighted by molar-refractivity contribution is 4.79. The van der Waals surface area contributed by atoms with Gasteiger partial charge < -0.3 is 5.11 Å². The Morgan fingerprint density at radius 3 is 1.57 bits per heavy atom. The third kappa shape index (κ3) is 17.6. The normalized spacial score (nSPS) is 13.1. The maximum atomic E-state index is 9.71. The first kappa shape index (κ1) is 20.7. The molecule has 0 aromatic rings. The molecule has 0 aliphatic rings. The molecule has 0 aromatic heterocycles. The van der Waals surface area contributed by atoms with E-state index in [1.165, 1.54) is 83.5 Å². The maximum absolute atomic E-state index is 9.71. The molecule has 0 amide bonds. The Labute approximate surface area is 134 Å². The highest BCUT2D eigenvalue weighted by atomic mass is 16.3. The van der Waals surface area contributed by atoms with Crippen LogP contribution in [-0.2, 0) is 0 Å². The Morgan fingerprint density at radius 1 is 0.714 bits per heavy atom. The van der Waals surface area contributed by atoms with Crippen LogP contribution < -0.4 is 0 Å². The number of aliphatic hydroxyl groups is 1. The van der Waals surface area contributed by atoms with Gasteiger partial charge in [0.05, 0.1) is 6.10 Å². The molecule has 1 nitrogen and oxygen atoms in total. The summed E-state index contributed by atoms with van der Waals surface area (Å²) in [6.45, 7) is 4.29. The van der Waals surface area contributed by atoms with Crippen molar-refractivity contribution in [1.82, 2.24) is 0 Å². The molecule has 0 heterocycles. The summed E-state index contributed by atoms with van der Waals surface area (Å²) >= 11 is 0. The van der Waals surface area contributed by atoms with Crippen molar-refractivity contribution in [2.45, 2.75) is 116 Å². The van der Waals surface area contributed by atoms with Crippen LogP contribution >= 0.6 is 0 Å². The van der Waals surface area contributed by atoms with Gasteiger partial charge in [-0.25, -0.2) is 0 Å². The minimum absolute atomic E-state index is 0.117. The summed E-state index contributed by atoms with van der Waals surface area (Å²) in [6, 6.07) is 0. The second kappa shape index (κ2) is 17.8. The lowest BCUT2D eigenvalue weighted by molar-refractivity contribution is 0.163. The van der Waals surface area contributed by atoms with Gasteiger partial charge in [0.25, 0.3) is 0 Å². The van der Waals surface area contributed by atoms with Crippen LogP contribution in [0, 0.1) is 0 Å². The van der Waals surface area contributed by atoms with E-state index in [4.69, 9.17) is 0 Å². The first-order valence-corrected chi connectivity index (χ1v) is 9.60. The Bertz CT molecular complexity index is 210. The summed E-state index contributed by atoms with van der Waals surface area (Å²) in [7, 11) is 0. The molecule has 0 rings (SSSR count). The molecule has 0 bridgehead atoms. The monoisotopic (exact) mass is 296 g/mol. The third-order valence-electron chi connectivity index (χ3n) is 4.28. The number of rotatable bonds is 16. The fraction of sp³-hybridized carbons (Fsp3) is 0.900. The smallest absolute Gasteiger partial charge is 0.0574 e. The summed E-state index contributed by atoms with van der Waals surface area (Å²) in [4.78, 5) is 0. The van der Waals surface area contributed by atoms with Crippen LogP contribution in [0.2, 0.25) is 0 Å². The number of hydrogen-bond donors (Lipinski definition) is 1. The van der Waals surface area contributed by atoms with Crippen LogP contribution in [0.5, 0.6) is 0 Å². The zero-order valence-electron chi connectivity index (χ0n) is 14.8. The molecule has 126 valence electrons. The molecular formula is C20H40O. The molecule has 21 heavy (non-hydrogen) atoms. The lowest BCUT2D eigenvalue weighted by Crippen LogP contribution is -2.04. The Balaban J connectivity index is 3.05. The van der Waals surface area contributed by atoms with E-state index in [2.05, 4.69) is 13.0 Å². The van der Waals surface area contributed by atoms with Crippen LogP contribution in [0.25, 0.3) is 0 Å². The van der Waals surface area contributed by atoms with E-state index >= 15 is 0 Å². The van der Waals surface area contributed by atoms with Gasteiger partial charge >= 0.3 is 0 Å². The lowest BCUT2D eigenvalue weighted by atomic mass is 10.0. The van der Waals surface area contributed by atoms with Gasteiger partial charge in [-0.15, -0.1) is 0 Å². The molecule has 1 N–H and O–H groups in total. The van der Waals surface area contributed by atoms with Crippen molar-refractivity contribution in [3.63, 3.8) is 0 Å². The maximum Gasteiger partial charge on any atom is 0.0574 e. The van der Waals surface area contributed by atoms with E-state index in [1.54, 1.807) is 0 Å². The fourth-order valence-corrected chi connectivity index (χ4v) is 2.81. The zero-order valence-corrected chi connectivity index (χ0v) is 14.8. The summed E-state index contributed by atoms with van der Waals surface area (Å²) in [5.41, 5.74) is 0. The topological polar surface area (TPSA) is 20.2 Å². The Kier molecular flexibility index (Phi) is 17.5. The molecule has 1 heteroatoms. The Hall–Kier alpha value is -0.300. The van der Waals surface area contributed by atoms with E-state index in [1.807, 2.05) is 13.0 Å². The van der Waals surface area contributed by atoms with Crippen LogP contribution in [-0.4, -0.2) is 11.2 Å². The summed E-state index contributed by atoms with van der Waals surface area (Å²) < 4.78 is 0. The van der Waals surface area contributed by atoms with Crippen molar-refractivity contribution in [3.8, 4) is 0 Å². The molecular weight excluding hydrogens is 256 g/mol. The van der Waals surface area contributed by atoms with Gasteiger partial charge in [-0.2, -0.15) is 0 Å². The fourth-order valence-electron chi connectivity index (χ4n) is 2.81. The summed E-state index contributed by atoms with van der Waals surface area (Å²) in [5, 5.41) is 9.71. The Morgan fingerprint density at radius 2 is 1.14 bits per heavy atom. The van der Waals surface area contributed by atoms with Gasteiger partial charge in [0.1, 0.15) is 0 Å². The first-order chi connectivity index (χ1) is 10.3. The second-order valence-electron chi connectivity index (χ2n) is 6.49. The van der Waals surface area contributed by atoms with Crippen molar-refractivity contribution in [2.75, 3.05) is 0 Å². The van der Waals surface area contributed by atoms with E-state index < -0.39 is 0 Å². The van der Waals surface area contributed by atoms with Gasteiger partial charge in [0, 0.05) is 0 Å². The van der Waals surface area contributed by atoms with Crippen molar-refractivity contribution < 1.29 is 5.11 Å². The third-order valence-corrected chi connectivity index (χ3v) is 4.28.